The Morgan fingerprint density at radius 3 is 1.77 bits per heavy atom. The van der Waals surface area contributed by atoms with Crippen molar-refractivity contribution in [2.75, 3.05) is 0 Å². The molecule has 13 heavy (non-hydrogen) atoms. The van der Waals surface area contributed by atoms with Crippen molar-refractivity contribution >= 4 is 12.3 Å². The summed E-state index contributed by atoms with van der Waals surface area (Å²) in [6.45, 7) is 0. The lowest BCUT2D eigenvalue weighted by Gasteiger charge is -1.82. The zero-order valence-corrected chi connectivity index (χ0v) is 6.68. The highest BCUT2D eigenvalue weighted by Crippen LogP contribution is 2.02. The van der Waals surface area contributed by atoms with E-state index >= 15 is 0 Å². The van der Waals surface area contributed by atoms with Crippen LogP contribution in [0.4, 0.5) is 0 Å². The number of benzene rings is 1. The van der Waals surface area contributed by atoms with Crippen LogP contribution >= 0.6 is 0 Å². The van der Waals surface area contributed by atoms with Crippen molar-refractivity contribution in [3.63, 3.8) is 0 Å². The number of carbonyl (C=O) groups excluding carboxylic acids is 1. The molecule has 5 nitrogen and oxygen atoms in total. The Balaban J connectivity index is 0. The van der Waals surface area contributed by atoms with Crippen molar-refractivity contribution in [1.82, 2.24) is 0 Å². The van der Waals surface area contributed by atoms with E-state index in [-0.39, 0.29) is 11.8 Å². The normalized spacial score (nSPS) is 7.08. The summed E-state index contributed by atoms with van der Waals surface area (Å²) in [5.41, 5.74) is 0. The first-order valence-electron chi connectivity index (χ1n) is 3.09. The van der Waals surface area contributed by atoms with Crippen LogP contribution < -0.4 is 0 Å². The summed E-state index contributed by atoms with van der Waals surface area (Å²) in [6, 6.07) is 8.71. The first kappa shape index (κ1) is 13.7. The van der Waals surface area contributed by atoms with Gasteiger partial charge in [-0.2, -0.15) is 0 Å². The van der Waals surface area contributed by atoms with Gasteiger partial charge in [0.2, 0.25) is 6.29 Å². The molecule has 0 aliphatic heterocycles. The first-order chi connectivity index (χ1) is 5.66. The van der Waals surface area contributed by atoms with Gasteiger partial charge in [0, 0.05) is 0 Å². The second-order valence-electron chi connectivity index (χ2n) is 1.79. The highest BCUT2D eigenvalue weighted by Gasteiger charge is 1.80. The number of phenols is 1. The molecule has 1 rings (SSSR count). The zero-order chi connectivity index (χ0) is 9.40. The third-order valence-corrected chi connectivity index (χ3v) is 0.857. The molecule has 0 fully saturated rings. The Bertz CT molecular complexity index is 244. The predicted octanol–water partition coefficient (Wildman–Crippen LogP) is -0.163. The van der Waals surface area contributed by atoms with Crippen molar-refractivity contribution < 1.29 is 25.3 Å². The van der Waals surface area contributed by atoms with Gasteiger partial charge in [-0.25, -0.2) is 4.79 Å². The van der Waals surface area contributed by atoms with Crippen molar-refractivity contribution in [2.45, 2.75) is 0 Å². The number of carboxylic acids is 1. The topological polar surface area (TPSA) is 106 Å². The predicted molar refractivity (Wildman–Crippen MR) is 45.4 cm³/mol. The SMILES string of the molecule is O.O=CC(=O)O.Oc1ccccc1. The number of para-hydroxylation sites is 1. The standard InChI is InChI=1S/C6H6O.C2H2O3.H2O/c7-6-4-2-1-3-5-6;3-1-2(4)5;/h1-5,7H;1H,(H,4,5);1H2. The lowest BCUT2D eigenvalue weighted by Crippen LogP contribution is -1.91. The number of hydrogen-bond acceptors (Lipinski definition) is 3. The fraction of sp³-hybridized carbons (Fsp3) is 0. The molecule has 72 valence electrons. The highest BCUT2D eigenvalue weighted by atomic mass is 16.4. The second kappa shape index (κ2) is 8.22. The van der Waals surface area contributed by atoms with Gasteiger partial charge in [-0.15, -0.1) is 0 Å². The number of aldehydes is 1. The van der Waals surface area contributed by atoms with Gasteiger partial charge in [0.25, 0.3) is 0 Å². The fourth-order valence-electron chi connectivity index (χ4n) is 0.428. The molecule has 0 amide bonds. The van der Waals surface area contributed by atoms with E-state index in [2.05, 4.69) is 0 Å². The van der Waals surface area contributed by atoms with E-state index in [0.717, 1.165) is 0 Å². The quantitative estimate of drug-likeness (QED) is 0.469. The largest absolute Gasteiger partial charge is 0.508 e. The van der Waals surface area contributed by atoms with Crippen LogP contribution in [0.15, 0.2) is 30.3 Å². The van der Waals surface area contributed by atoms with Crippen LogP contribution in [0.5, 0.6) is 5.75 Å². The summed E-state index contributed by atoms with van der Waals surface area (Å²) in [5.74, 6) is -1.10. The Morgan fingerprint density at radius 1 is 1.23 bits per heavy atom. The van der Waals surface area contributed by atoms with E-state index in [0.29, 0.717) is 5.75 Å². The second-order valence-corrected chi connectivity index (χ2v) is 1.79. The third kappa shape index (κ3) is 10.1. The van der Waals surface area contributed by atoms with Gasteiger partial charge in [-0.05, 0) is 12.1 Å². The summed E-state index contributed by atoms with van der Waals surface area (Å²) in [7, 11) is 0. The van der Waals surface area contributed by atoms with Crippen LogP contribution in [0.2, 0.25) is 0 Å². The molecular weight excluding hydrogens is 176 g/mol. The molecule has 0 aliphatic carbocycles. The van der Waals surface area contributed by atoms with Gasteiger partial charge in [-0.3, -0.25) is 4.79 Å². The van der Waals surface area contributed by atoms with Gasteiger partial charge in [0.05, 0.1) is 0 Å². The molecule has 0 aromatic heterocycles. The molecular formula is C8H10O5. The Kier molecular flexibility index (Phi) is 8.66. The maximum atomic E-state index is 9.00. The number of hydrogen-bond donors (Lipinski definition) is 2. The van der Waals surface area contributed by atoms with Crippen molar-refractivity contribution in [3.8, 4) is 5.75 Å². The lowest BCUT2D eigenvalue weighted by molar-refractivity contribution is -0.143. The van der Waals surface area contributed by atoms with Crippen LogP contribution in [0, 0.1) is 0 Å². The highest BCUT2D eigenvalue weighted by molar-refractivity contribution is 6.19. The van der Waals surface area contributed by atoms with Crippen LogP contribution in [0.3, 0.4) is 0 Å². The molecule has 1 aromatic rings. The number of aliphatic carboxylic acids is 1. The minimum Gasteiger partial charge on any atom is -0.508 e. The minimum atomic E-state index is -1.43. The summed E-state index contributed by atoms with van der Waals surface area (Å²) in [5, 5.41) is 16.0. The first-order valence-corrected chi connectivity index (χ1v) is 3.09. The molecule has 0 unspecified atom stereocenters. The lowest BCUT2D eigenvalue weighted by atomic mass is 10.3. The summed E-state index contributed by atoms with van der Waals surface area (Å²) in [6.07, 6.45) is -0.167. The van der Waals surface area contributed by atoms with E-state index in [9.17, 15) is 0 Å². The Labute approximate surface area is 74.6 Å². The summed E-state index contributed by atoms with van der Waals surface area (Å²) < 4.78 is 0. The smallest absolute Gasteiger partial charge is 0.368 e. The Hall–Kier alpha value is -1.88. The molecule has 0 bridgehead atoms. The Morgan fingerprint density at radius 2 is 1.62 bits per heavy atom. The van der Waals surface area contributed by atoms with Gasteiger partial charge in [0.15, 0.2) is 0 Å². The average Bonchev–Trinajstić information content (AvgIpc) is 2.07. The number of aromatic hydroxyl groups is 1. The van der Waals surface area contributed by atoms with Crippen molar-refractivity contribution in [2.24, 2.45) is 0 Å². The number of phenolic OH excluding ortho intramolecular Hbond substituents is 1. The molecule has 0 radical (unpaired) electrons. The van der Waals surface area contributed by atoms with E-state index in [1.54, 1.807) is 24.3 Å². The molecule has 0 heterocycles. The van der Waals surface area contributed by atoms with E-state index in [1.165, 1.54) is 0 Å². The van der Waals surface area contributed by atoms with Crippen molar-refractivity contribution in [3.05, 3.63) is 30.3 Å². The van der Waals surface area contributed by atoms with E-state index < -0.39 is 5.97 Å². The molecule has 0 aliphatic rings. The monoisotopic (exact) mass is 186 g/mol. The minimum absolute atomic E-state index is 0. The average molecular weight is 186 g/mol. The number of carboxylic acid groups (broad SMARTS) is 1. The summed E-state index contributed by atoms with van der Waals surface area (Å²) >= 11 is 0. The fourth-order valence-corrected chi connectivity index (χ4v) is 0.428. The number of rotatable bonds is 1. The molecule has 5 heteroatoms. The molecule has 1 aromatic carbocycles. The van der Waals surface area contributed by atoms with Gasteiger partial charge in [0.1, 0.15) is 5.75 Å². The van der Waals surface area contributed by atoms with E-state index in [4.69, 9.17) is 19.8 Å². The van der Waals surface area contributed by atoms with Crippen LogP contribution in [-0.4, -0.2) is 27.9 Å². The van der Waals surface area contributed by atoms with Gasteiger partial charge >= 0.3 is 5.97 Å². The van der Waals surface area contributed by atoms with Crippen LogP contribution in [-0.2, 0) is 9.59 Å². The maximum absolute atomic E-state index is 9.00. The van der Waals surface area contributed by atoms with Gasteiger partial charge < -0.3 is 15.7 Å². The molecule has 0 saturated carbocycles. The number of carbonyl (C=O) groups is 2. The summed E-state index contributed by atoms with van der Waals surface area (Å²) in [4.78, 5) is 17.9. The molecule has 4 N–H and O–H groups in total. The maximum Gasteiger partial charge on any atom is 0.368 e. The van der Waals surface area contributed by atoms with E-state index in [1.807, 2.05) is 6.07 Å². The molecule has 0 spiro atoms. The van der Waals surface area contributed by atoms with Crippen LogP contribution in [0.1, 0.15) is 0 Å². The zero-order valence-electron chi connectivity index (χ0n) is 6.68. The molecule has 0 saturated heterocycles. The van der Waals surface area contributed by atoms with Crippen LogP contribution in [0.25, 0.3) is 0 Å². The van der Waals surface area contributed by atoms with Crippen molar-refractivity contribution in [1.29, 1.82) is 0 Å². The van der Waals surface area contributed by atoms with Gasteiger partial charge in [-0.1, -0.05) is 18.2 Å². The third-order valence-electron chi connectivity index (χ3n) is 0.857. The molecule has 0 atom stereocenters.